The lowest BCUT2D eigenvalue weighted by atomic mass is 9.52. The summed E-state index contributed by atoms with van der Waals surface area (Å²) in [6, 6.07) is 0. The molecule has 13 heteroatoms. The van der Waals surface area contributed by atoms with Crippen LogP contribution in [0.25, 0.3) is 0 Å². The molecule has 0 unspecified atom stereocenters. The quantitative estimate of drug-likeness (QED) is 0.217. The molecule has 4 fully saturated rings. The van der Waals surface area contributed by atoms with Gasteiger partial charge in [-0.15, -0.1) is 11.6 Å². The van der Waals surface area contributed by atoms with E-state index in [0.29, 0.717) is 5.57 Å². The van der Waals surface area contributed by atoms with E-state index >= 15 is 0 Å². The lowest BCUT2D eigenvalue weighted by molar-refractivity contribution is -0.374. The maximum atomic E-state index is 13.2. The largest absolute Gasteiger partial charge is 0.462 e. The summed E-state index contributed by atoms with van der Waals surface area (Å²) in [4.78, 5) is 63.4. The van der Waals surface area contributed by atoms with Crippen molar-refractivity contribution in [3.05, 3.63) is 24.3 Å². The summed E-state index contributed by atoms with van der Waals surface area (Å²) in [5, 5.41) is 11.0. The van der Waals surface area contributed by atoms with Crippen LogP contribution in [-0.4, -0.2) is 82.2 Å². The number of ether oxygens (including phenoxy) is 6. The minimum atomic E-state index is -2.71. The molecule has 0 aromatic carbocycles. The molecular formula is C28H35ClO12. The number of hydrogen-bond acceptors (Lipinski definition) is 12. The number of aliphatic hydroxyl groups is 1. The minimum absolute atomic E-state index is 0.197. The Balaban J connectivity index is 2.16. The topological polar surface area (TPSA) is 161 Å². The highest BCUT2D eigenvalue weighted by Crippen LogP contribution is 2.63. The maximum absolute atomic E-state index is 13.2. The average Bonchev–Trinajstić information content (AvgIpc) is 3.10. The normalized spacial score (nSPS) is 43.4. The van der Waals surface area contributed by atoms with Crippen molar-refractivity contribution in [1.29, 1.82) is 0 Å². The Morgan fingerprint density at radius 2 is 1.44 bits per heavy atom. The van der Waals surface area contributed by atoms with E-state index in [1.807, 2.05) is 0 Å². The van der Waals surface area contributed by atoms with Crippen molar-refractivity contribution < 1.29 is 57.5 Å². The van der Waals surface area contributed by atoms with Crippen molar-refractivity contribution >= 4 is 41.4 Å². The molecule has 1 saturated carbocycles. The van der Waals surface area contributed by atoms with Crippen LogP contribution in [0.3, 0.4) is 0 Å². The van der Waals surface area contributed by atoms with Crippen LogP contribution < -0.4 is 0 Å². The lowest BCUT2D eigenvalue weighted by Crippen LogP contribution is -2.78. The van der Waals surface area contributed by atoms with Crippen molar-refractivity contribution in [1.82, 2.24) is 0 Å². The Morgan fingerprint density at radius 1 is 0.927 bits per heavy atom. The van der Waals surface area contributed by atoms with E-state index in [9.17, 15) is 29.1 Å². The van der Waals surface area contributed by atoms with Crippen molar-refractivity contribution in [2.45, 2.75) is 102 Å². The van der Waals surface area contributed by atoms with Gasteiger partial charge < -0.3 is 33.5 Å². The Kier molecular flexibility index (Phi) is 7.85. The van der Waals surface area contributed by atoms with Gasteiger partial charge in [0.1, 0.15) is 12.2 Å². The van der Waals surface area contributed by atoms with Crippen LogP contribution in [0.5, 0.6) is 0 Å². The molecule has 4 aliphatic rings. The Labute approximate surface area is 242 Å². The van der Waals surface area contributed by atoms with E-state index in [1.165, 1.54) is 13.8 Å². The smallest absolute Gasteiger partial charge is 0.312 e. The van der Waals surface area contributed by atoms with Crippen molar-refractivity contribution in [2.75, 3.05) is 0 Å². The van der Waals surface area contributed by atoms with Gasteiger partial charge in [-0.1, -0.05) is 25.7 Å². The number of rotatable bonds is 4. The van der Waals surface area contributed by atoms with E-state index < -0.39 is 94.4 Å². The highest BCUT2D eigenvalue weighted by Gasteiger charge is 2.79. The summed E-state index contributed by atoms with van der Waals surface area (Å²) in [5.74, 6) is -8.87. The highest BCUT2D eigenvalue weighted by molar-refractivity contribution is 6.23. The van der Waals surface area contributed by atoms with Gasteiger partial charge in [0, 0.05) is 39.2 Å². The molecule has 3 heterocycles. The third-order valence-corrected chi connectivity index (χ3v) is 9.34. The van der Waals surface area contributed by atoms with Crippen molar-refractivity contribution in [2.24, 2.45) is 17.3 Å². The highest BCUT2D eigenvalue weighted by atomic mass is 35.5. The molecule has 1 aliphatic carbocycles. The molecule has 0 amide bonds. The second kappa shape index (κ2) is 10.4. The summed E-state index contributed by atoms with van der Waals surface area (Å²) < 4.78 is 35.3. The molecule has 12 nitrogen and oxygen atoms in total. The first-order valence-corrected chi connectivity index (χ1v) is 13.7. The van der Waals surface area contributed by atoms with Crippen molar-refractivity contribution in [3.63, 3.8) is 0 Å². The van der Waals surface area contributed by atoms with Gasteiger partial charge in [0.15, 0.2) is 23.9 Å². The van der Waals surface area contributed by atoms with Crippen LogP contribution in [0, 0.1) is 17.3 Å². The number of carbonyl (C=O) groups is 5. The van der Waals surface area contributed by atoms with Crippen LogP contribution in [0.1, 0.15) is 54.4 Å². The molecule has 0 aromatic heterocycles. The van der Waals surface area contributed by atoms with Gasteiger partial charge in [-0.2, -0.15) is 0 Å². The zero-order chi connectivity index (χ0) is 30.8. The fraction of sp³-hybridized carbons (Fsp3) is 0.679. The summed E-state index contributed by atoms with van der Waals surface area (Å²) in [7, 11) is 0. The number of alkyl halides is 1. The molecule has 1 N–H and O–H groups in total. The first-order valence-electron chi connectivity index (χ1n) is 13.3. The molecule has 226 valence electrons. The summed E-state index contributed by atoms with van der Waals surface area (Å²) >= 11 is 6.81. The van der Waals surface area contributed by atoms with E-state index in [-0.39, 0.29) is 18.4 Å². The van der Waals surface area contributed by atoms with E-state index in [0.717, 1.165) is 20.8 Å². The SMILES string of the molecule is C=C1CC[C@H](OC(C)=O)[C@@]2(C)[C@H]1[C@H](OC(C)=O)[C@@]13O[C@](O)(C(=C)[C@H](Cl)[C@@H]1OC(=O)[C@@H]3C)[C@H](OC(C)=O)[C@@H]2OC(C)=O. The fourth-order valence-electron chi connectivity index (χ4n) is 7.14. The van der Waals surface area contributed by atoms with Crippen LogP contribution in [0.15, 0.2) is 24.3 Å². The number of hydrogen-bond donors (Lipinski definition) is 1. The maximum Gasteiger partial charge on any atom is 0.312 e. The van der Waals surface area contributed by atoms with Crippen LogP contribution in [-0.2, 0) is 52.4 Å². The molecule has 0 radical (unpaired) electrons. The molecule has 1 spiro atoms. The van der Waals surface area contributed by atoms with Gasteiger partial charge in [-0.05, 0) is 19.8 Å². The van der Waals surface area contributed by atoms with Gasteiger partial charge in [-0.25, -0.2) is 0 Å². The Hall–Kier alpha value is -2.96. The predicted molar refractivity (Wildman–Crippen MR) is 139 cm³/mol. The zero-order valence-corrected chi connectivity index (χ0v) is 24.5. The van der Waals surface area contributed by atoms with Gasteiger partial charge in [-0.3, -0.25) is 24.0 Å². The molecular weight excluding hydrogens is 564 g/mol. The first kappa shape index (κ1) is 31.0. The van der Waals surface area contributed by atoms with E-state index in [1.54, 1.807) is 6.92 Å². The zero-order valence-electron chi connectivity index (χ0n) is 23.8. The van der Waals surface area contributed by atoms with Crippen LogP contribution in [0.4, 0.5) is 0 Å². The monoisotopic (exact) mass is 598 g/mol. The fourth-order valence-corrected chi connectivity index (χ4v) is 7.54. The van der Waals surface area contributed by atoms with Gasteiger partial charge in [0.25, 0.3) is 0 Å². The molecule has 4 rings (SSSR count). The molecule has 11 atom stereocenters. The standard InChI is InChI=1S/C28H35ClO12/c1-11-9-10-18(36-14(4)30)26(8)19(11)21(37-15(5)31)27-13(3)25(34)40-22(27)20(29)12(2)28(35,41-27)24(39-17(7)33)23(26)38-16(6)32/h13,18-24,35H,1-2,9-10H2,3-8H3/t13-,18-,19+,20-,21-,22-,23-,24+,26-,27+,28+/m0/s1. The predicted octanol–water partition coefficient (Wildman–Crippen LogP) is 1.88. The summed E-state index contributed by atoms with van der Waals surface area (Å²) in [6.45, 7) is 15.7. The first-order chi connectivity index (χ1) is 18.9. The number of esters is 5. The molecule has 0 aromatic rings. The van der Waals surface area contributed by atoms with Crippen LogP contribution in [0.2, 0.25) is 0 Å². The lowest BCUT2D eigenvalue weighted by Gasteiger charge is -2.63. The number of fused-ring (bicyclic) bond motifs is 2. The molecule has 3 aliphatic heterocycles. The minimum Gasteiger partial charge on any atom is -0.462 e. The second-order valence-corrected chi connectivity index (χ2v) is 11.9. The molecule has 2 bridgehead atoms. The third kappa shape index (κ3) is 4.54. The average molecular weight is 599 g/mol. The van der Waals surface area contributed by atoms with Crippen LogP contribution >= 0.6 is 11.6 Å². The number of carbonyl (C=O) groups excluding carboxylic acids is 5. The summed E-state index contributed by atoms with van der Waals surface area (Å²) in [5.41, 5.74) is -3.34. The van der Waals surface area contributed by atoms with Gasteiger partial charge in [0.2, 0.25) is 5.79 Å². The van der Waals surface area contributed by atoms with Gasteiger partial charge in [0.05, 0.1) is 16.7 Å². The molecule has 3 saturated heterocycles. The second-order valence-electron chi connectivity index (χ2n) is 11.4. The third-order valence-electron chi connectivity index (χ3n) is 8.85. The van der Waals surface area contributed by atoms with E-state index in [4.69, 9.17) is 40.0 Å². The van der Waals surface area contributed by atoms with Crippen molar-refractivity contribution in [3.8, 4) is 0 Å². The Morgan fingerprint density at radius 3 is 1.98 bits per heavy atom. The van der Waals surface area contributed by atoms with Gasteiger partial charge >= 0.3 is 29.8 Å². The Bertz CT molecular complexity index is 1210. The van der Waals surface area contributed by atoms with E-state index in [2.05, 4.69) is 13.2 Å². The summed E-state index contributed by atoms with van der Waals surface area (Å²) in [6.07, 6.45) is -6.77. The number of halogens is 1. The molecule has 41 heavy (non-hydrogen) atoms.